The van der Waals surface area contributed by atoms with Crippen molar-refractivity contribution < 1.29 is 0 Å². The highest BCUT2D eigenvalue weighted by atomic mass is 15.2. The van der Waals surface area contributed by atoms with Crippen LogP contribution in [0.5, 0.6) is 0 Å². The predicted molar refractivity (Wildman–Crippen MR) is 51.9 cm³/mol. The van der Waals surface area contributed by atoms with Gasteiger partial charge in [-0.1, -0.05) is 6.07 Å². The maximum absolute atomic E-state index is 5.62. The van der Waals surface area contributed by atoms with Crippen LogP contribution >= 0.6 is 0 Å². The van der Waals surface area contributed by atoms with Gasteiger partial charge in [0.25, 0.3) is 0 Å². The SMILES string of the molecule is Nc1nnc(-c2ccccn2)c(N)n1. The lowest BCUT2D eigenvalue weighted by Crippen LogP contribution is -2.04. The first-order chi connectivity index (χ1) is 6.77. The molecule has 2 aromatic heterocycles. The minimum Gasteiger partial charge on any atom is -0.382 e. The van der Waals surface area contributed by atoms with Crippen molar-refractivity contribution in [2.75, 3.05) is 11.5 Å². The summed E-state index contributed by atoms with van der Waals surface area (Å²) in [7, 11) is 0. The Morgan fingerprint density at radius 1 is 1.07 bits per heavy atom. The Morgan fingerprint density at radius 2 is 1.93 bits per heavy atom. The fraction of sp³-hybridized carbons (Fsp3) is 0. The summed E-state index contributed by atoms with van der Waals surface area (Å²) in [6, 6.07) is 5.41. The van der Waals surface area contributed by atoms with Crippen LogP contribution in [0.2, 0.25) is 0 Å². The second-order valence-corrected chi connectivity index (χ2v) is 2.62. The molecule has 70 valence electrons. The van der Waals surface area contributed by atoms with Gasteiger partial charge in [-0.15, -0.1) is 10.2 Å². The third-order valence-corrected chi connectivity index (χ3v) is 1.64. The van der Waals surface area contributed by atoms with E-state index in [1.807, 2.05) is 6.07 Å². The zero-order valence-corrected chi connectivity index (χ0v) is 7.25. The molecule has 0 radical (unpaired) electrons. The zero-order valence-electron chi connectivity index (χ0n) is 7.25. The zero-order chi connectivity index (χ0) is 9.97. The molecule has 0 aliphatic heterocycles. The lowest BCUT2D eigenvalue weighted by Gasteiger charge is -2.01. The lowest BCUT2D eigenvalue weighted by atomic mass is 10.3. The molecule has 0 aliphatic carbocycles. The molecule has 0 bridgehead atoms. The summed E-state index contributed by atoms with van der Waals surface area (Å²) in [4.78, 5) is 7.87. The van der Waals surface area contributed by atoms with E-state index in [4.69, 9.17) is 11.5 Å². The lowest BCUT2D eigenvalue weighted by molar-refractivity contribution is 0.992. The van der Waals surface area contributed by atoms with E-state index in [1.54, 1.807) is 18.3 Å². The van der Waals surface area contributed by atoms with Gasteiger partial charge < -0.3 is 11.5 Å². The van der Waals surface area contributed by atoms with Crippen molar-refractivity contribution >= 4 is 11.8 Å². The average Bonchev–Trinajstić information content (AvgIpc) is 2.19. The van der Waals surface area contributed by atoms with Crippen LogP contribution in [0.4, 0.5) is 11.8 Å². The van der Waals surface area contributed by atoms with Crippen molar-refractivity contribution in [3.8, 4) is 11.4 Å². The van der Waals surface area contributed by atoms with Crippen molar-refractivity contribution in [2.24, 2.45) is 0 Å². The van der Waals surface area contributed by atoms with E-state index < -0.39 is 0 Å². The Balaban J connectivity index is 2.53. The maximum atomic E-state index is 5.62. The Hall–Kier alpha value is -2.24. The summed E-state index contributed by atoms with van der Waals surface area (Å²) in [6.45, 7) is 0. The first-order valence-corrected chi connectivity index (χ1v) is 3.94. The van der Waals surface area contributed by atoms with Gasteiger partial charge in [0.1, 0.15) is 0 Å². The van der Waals surface area contributed by atoms with Crippen LogP contribution in [0.3, 0.4) is 0 Å². The van der Waals surface area contributed by atoms with Crippen LogP contribution in [-0.2, 0) is 0 Å². The van der Waals surface area contributed by atoms with E-state index in [2.05, 4.69) is 20.2 Å². The molecule has 2 aromatic rings. The van der Waals surface area contributed by atoms with Gasteiger partial charge in [0.15, 0.2) is 11.5 Å². The van der Waals surface area contributed by atoms with Gasteiger partial charge in [-0.05, 0) is 12.1 Å². The third-order valence-electron chi connectivity index (χ3n) is 1.64. The molecule has 0 saturated carbocycles. The van der Waals surface area contributed by atoms with Gasteiger partial charge in [0.2, 0.25) is 5.95 Å². The van der Waals surface area contributed by atoms with E-state index in [-0.39, 0.29) is 11.8 Å². The van der Waals surface area contributed by atoms with Gasteiger partial charge in [-0.3, -0.25) is 4.98 Å². The number of hydrogen-bond donors (Lipinski definition) is 2. The highest BCUT2D eigenvalue weighted by molar-refractivity contribution is 5.66. The largest absolute Gasteiger partial charge is 0.382 e. The molecule has 14 heavy (non-hydrogen) atoms. The molecule has 0 unspecified atom stereocenters. The molecular weight excluding hydrogens is 180 g/mol. The number of nitrogen functional groups attached to an aromatic ring is 2. The summed E-state index contributed by atoms with van der Waals surface area (Å²) >= 11 is 0. The number of nitrogens with two attached hydrogens (primary N) is 2. The van der Waals surface area contributed by atoms with Crippen molar-refractivity contribution in [3.63, 3.8) is 0 Å². The van der Waals surface area contributed by atoms with Gasteiger partial charge in [0, 0.05) is 6.20 Å². The van der Waals surface area contributed by atoms with Gasteiger partial charge >= 0.3 is 0 Å². The molecule has 2 heterocycles. The molecule has 0 amide bonds. The van der Waals surface area contributed by atoms with Crippen molar-refractivity contribution in [2.45, 2.75) is 0 Å². The van der Waals surface area contributed by atoms with Crippen LogP contribution in [0, 0.1) is 0 Å². The Kier molecular flexibility index (Phi) is 1.94. The smallest absolute Gasteiger partial charge is 0.242 e. The normalized spacial score (nSPS) is 10.0. The standard InChI is InChI=1S/C8H8N6/c9-7-6(13-14-8(10)12-7)5-3-1-2-4-11-5/h1-4H,(H4,9,10,12,14). The monoisotopic (exact) mass is 188 g/mol. The number of nitrogens with zero attached hydrogens (tertiary/aromatic N) is 4. The molecule has 0 aromatic carbocycles. The quantitative estimate of drug-likeness (QED) is 0.657. The van der Waals surface area contributed by atoms with Gasteiger partial charge in [-0.2, -0.15) is 4.98 Å². The molecule has 6 heteroatoms. The minimum atomic E-state index is 0.0576. The van der Waals surface area contributed by atoms with Crippen molar-refractivity contribution in [1.29, 1.82) is 0 Å². The van der Waals surface area contributed by atoms with Gasteiger partial charge in [0.05, 0.1) is 5.69 Å². The Bertz CT molecular complexity index is 441. The maximum Gasteiger partial charge on any atom is 0.242 e. The molecule has 2 rings (SSSR count). The number of aromatic nitrogens is 4. The fourth-order valence-corrected chi connectivity index (χ4v) is 1.04. The number of rotatable bonds is 1. The number of pyridine rings is 1. The Labute approximate surface area is 80.0 Å². The molecule has 0 saturated heterocycles. The first-order valence-electron chi connectivity index (χ1n) is 3.94. The summed E-state index contributed by atoms with van der Waals surface area (Å²) in [6.07, 6.45) is 1.65. The number of anilines is 2. The Morgan fingerprint density at radius 3 is 2.57 bits per heavy atom. The highest BCUT2D eigenvalue weighted by Gasteiger charge is 2.07. The summed E-state index contributed by atoms with van der Waals surface area (Å²) < 4.78 is 0. The van der Waals surface area contributed by atoms with E-state index >= 15 is 0 Å². The van der Waals surface area contributed by atoms with E-state index in [0.29, 0.717) is 11.4 Å². The second-order valence-electron chi connectivity index (χ2n) is 2.62. The topological polar surface area (TPSA) is 104 Å². The van der Waals surface area contributed by atoms with Crippen LogP contribution in [0.15, 0.2) is 24.4 Å². The molecule has 6 nitrogen and oxygen atoms in total. The molecule has 4 N–H and O–H groups in total. The summed E-state index contributed by atoms with van der Waals surface area (Å²) in [5.41, 5.74) is 12.0. The molecule has 0 spiro atoms. The average molecular weight is 188 g/mol. The predicted octanol–water partition coefficient (Wildman–Crippen LogP) is 0.0980. The second kappa shape index (κ2) is 3.25. The summed E-state index contributed by atoms with van der Waals surface area (Å²) in [5, 5.41) is 7.44. The minimum absolute atomic E-state index is 0.0576. The third kappa shape index (κ3) is 1.45. The summed E-state index contributed by atoms with van der Waals surface area (Å²) in [5.74, 6) is 0.290. The van der Waals surface area contributed by atoms with E-state index in [9.17, 15) is 0 Å². The number of hydrogen-bond acceptors (Lipinski definition) is 6. The molecule has 0 aliphatic rings. The van der Waals surface area contributed by atoms with Crippen LogP contribution < -0.4 is 11.5 Å². The van der Waals surface area contributed by atoms with Crippen LogP contribution in [-0.4, -0.2) is 20.2 Å². The fourth-order valence-electron chi connectivity index (χ4n) is 1.04. The molecular formula is C8H8N6. The van der Waals surface area contributed by atoms with Gasteiger partial charge in [-0.25, -0.2) is 0 Å². The van der Waals surface area contributed by atoms with Crippen molar-refractivity contribution in [3.05, 3.63) is 24.4 Å². The molecule has 0 fully saturated rings. The van der Waals surface area contributed by atoms with E-state index in [1.165, 1.54) is 0 Å². The van der Waals surface area contributed by atoms with Crippen LogP contribution in [0.1, 0.15) is 0 Å². The van der Waals surface area contributed by atoms with E-state index in [0.717, 1.165) is 0 Å². The highest BCUT2D eigenvalue weighted by Crippen LogP contribution is 2.17. The van der Waals surface area contributed by atoms with Crippen molar-refractivity contribution in [1.82, 2.24) is 20.2 Å². The van der Waals surface area contributed by atoms with Crippen LogP contribution in [0.25, 0.3) is 11.4 Å². The molecule has 0 atom stereocenters. The first kappa shape index (κ1) is 8.36.